The molecular formula is C12H18N2O. The molecule has 0 radical (unpaired) electrons. The molecule has 1 aromatic heterocycles. The largest absolute Gasteiger partial charge is 0.480 e. The molecule has 1 heterocycles. The van der Waals surface area contributed by atoms with Gasteiger partial charge >= 0.3 is 0 Å². The number of anilines is 1. The summed E-state index contributed by atoms with van der Waals surface area (Å²) in [5.74, 6) is 0.642. The molecule has 82 valence electrons. The summed E-state index contributed by atoms with van der Waals surface area (Å²) in [6, 6.07) is 4.25. The van der Waals surface area contributed by atoms with Gasteiger partial charge in [0.1, 0.15) is 0 Å². The third-order valence-electron chi connectivity index (χ3n) is 2.17. The summed E-state index contributed by atoms with van der Waals surface area (Å²) in [6.07, 6.45) is 5.72. The number of aromatic nitrogens is 1. The molecule has 0 unspecified atom stereocenters. The number of hydrogen-bond donors (Lipinski definition) is 1. The van der Waals surface area contributed by atoms with Crippen LogP contribution in [0.4, 0.5) is 5.69 Å². The van der Waals surface area contributed by atoms with Gasteiger partial charge in [0, 0.05) is 12.2 Å². The Morgan fingerprint density at radius 3 is 3.13 bits per heavy atom. The molecule has 15 heavy (non-hydrogen) atoms. The van der Waals surface area contributed by atoms with Crippen molar-refractivity contribution in [3.63, 3.8) is 0 Å². The lowest BCUT2D eigenvalue weighted by Gasteiger charge is -2.15. The Labute approximate surface area is 91.2 Å². The summed E-state index contributed by atoms with van der Waals surface area (Å²) in [5.41, 5.74) is 0.941. The van der Waals surface area contributed by atoms with Crippen molar-refractivity contribution in [2.45, 2.75) is 25.8 Å². The predicted octanol–water partition coefficient (Wildman–Crippen LogP) is 2.86. The van der Waals surface area contributed by atoms with Crippen LogP contribution in [0.15, 0.2) is 31.0 Å². The Hall–Kier alpha value is -1.51. The fourth-order valence-electron chi connectivity index (χ4n) is 1.37. The van der Waals surface area contributed by atoms with E-state index in [1.165, 1.54) is 0 Å². The van der Waals surface area contributed by atoms with Crippen LogP contribution in [0.2, 0.25) is 0 Å². The van der Waals surface area contributed by atoms with Crippen LogP contribution in [0.3, 0.4) is 0 Å². The van der Waals surface area contributed by atoms with Crippen molar-refractivity contribution in [2.24, 2.45) is 0 Å². The maximum Gasteiger partial charge on any atom is 0.237 e. The van der Waals surface area contributed by atoms with Gasteiger partial charge in [-0.05, 0) is 31.9 Å². The Morgan fingerprint density at radius 1 is 1.67 bits per heavy atom. The highest BCUT2D eigenvalue weighted by Crippen LogP contribution is 2.21. The number of hydrogen-bond acceptors (Lipinski definition) is 3. The van der Waals surface area contributed by atoms with Crippen LogP contribution in [-0.4, -0.2) is 18.1 Å². The summed E-state index contributed by atoms with van der Waals surface area (Å²) in [6.45, 7) is 5.84. The van der Waals surface area contributed by atoms with E-state index in [9.17, 15) is 0 Å². The Morgan fingerprint density at radius 2 is 2.47 bits per heavy atom. The SMILES string of the molecule is C=CCC[C@@H](C)Nc1cccnc1OC. The second-order valence-corrected chi connectivity index (χ2v) is 3.47. The van der Waals surface area contributed by atoms with Crippen LogP contribution < -0.4 is 10.1 Å². The van der Waals surface area contributed by atoms with E-state index in [4.69, 9.17) is 4.74 Å². The number of ether oxygens (including phenoxy) is 1. The maximum atomic E-state index is 5.16. The van der Waals surface area contributed by atoms with Crippen molar-refractivity contribution in [3.8, 4) is 5.88 Å². The first-order valence-corrected chi connectivity index (χ1v) is 5.14. The van der Waals surface area contributed by atoms with E-state index in [0.717, 1.165) is 18.5 Å². The standard InChI is InChI=1S/C12H18N2O/c1-4-5-7-10(2)14-11-8-6-9-13-12(11)15-3/h4,6,8-10,14H,1,5,7H2,2-3H3/t10-/m1/s1. The normalized spacial score (nSPS) is 11.9. The lowest BCUT2D eigenvalue weighted by atomic mass is 10.2. The number of methoxy groups -OCH3 is 1. The van der Waals surface area contributed by atoms with Crippen molar-refractivity contribution in [2.75, 3.05) is 12.4 Å². The van der Waals surface area contributed by atoms with Gasteiger partial charge in [-0.2, -0.15) is 0 Å². The second-order valence-electron chi connectivity index (χ2n) is 3.47. The van der Waals surface area contributed by atoms with Crippen LogP contribution in [0, 0.1) is 0 Å². The quantitative estimate of drug-likeness (QED) is 0.727. The van der Waals surface area contributed by atoms with Crippen molar-refractivity contribution >= 4 is 5.69 Å². The van der Waals surface area contributed by atoms with Gasteiger partial charge < -0.3 is 10.1 Å². The van der Waals surface area contributed by atoms with Gasteiger partial charge in [-0.3, -0.25) is 0 Å². The van der Waals surface area contributed by atoms with Crippen molar-refractivity contribution in [1.29, 1.82) is 0 Å². The Kier molecular flexibility index (Phi) is 4.68. The molecule has 1 N–H and O–H groups in total. The fourth-order valence-corrected chi connectivity index (χ4v) is 1.37. The highest BCUT2D eigenvalue weighted by Gasteiger charge is 2.06. The molecular weight excluding hydrogens is 188 g/mol. The molecule has 3 heteroatoms. The number of pyridine rings is 1. The van der Waals surface area contributed by atoms with Crippen molar-refractivity contribution in [1.82, 2.24) is 4.98 Å². The van der Waals surface area contributed by atoms with Crippen LogP contribution in [-0.2, 0) is 0 Å². The first kappa shape index (κ1) is 11.6. The summed E-state index contributed by atoms with van der Waals surface area (Å²) < 4.78 is 5.16. The molecule has 0 spiro atoms. The van der Waals surface area contributed by atoms with Gasteiger partial charge in [0.2, 0.25) is 5.88 Å². The van der Waals surface area contributed by atoms with E-state index in [-0.39, 0.29) is 0 Å². The van der Waals surface area contributed by atoms with E-state index in [1.807, 2.05) is 18.2 Å². The highest BCUT2D eigenvalue weighted by molar-refractivity contribution is 5.52. The maximum absolute atomic E-state index is 5.16. The van der Waals surface area contributed by atoms with E-state index >= 15 is 0 Å². The molecule has 0 fully saturated rings. The Balaban J connectivity index is 2.58. The average molecular weight is 206 g/mol. The summed E-state index contributed by atoms with van der Waals surface area (Å²) in [5, 5.41) is 3.36. The first-order valence-electron chi connectivity index (χ1n) is 5.14. The van der Waals surface area contributed by atoms with E-state index in [2.05, 4.69) is 23.8 Å². The molecule has 1 atom stereocenters. The minimum atomic E-state index is 0.390. The van der Waals surface area contributed by atoms with Crippen LogP contribution in [0.1, 0.15) is 19.8 Å². The number of allylic oxidation sites excluding steroid dienone is 1. The van der Waals surface area contributed by atoms with Gasteiger partial charge in [-0.25, -0.2) is 4.98 Å². The molecule has 0 aromatic carbocycles. The molecule has 0 saturated heterocycles. The third kappa shape index (κ3) is 3.62. The minimum absolute atomic E-state index is 0.390. The predicted molar refractivity (Wildman–Crippen MR) is 63.3 cm³/mol. The first-order chi connectivity index (χ1) is 7.27. The molecule has 1 rings (SSSR count). The minimum Gasteiger partial charge on any atom is -0.480 e. The Bertz CT molecular complexity index is 312. The highest BCUT2D eigenvalue weighted by atomic mass is 16.5. The second kappa shape index (κ2) is 6.06. The molecule has 0 aliphatic rings. The van der Waals surface area contributed by atoms with Crippen LogP contribution >= 0.6 is 0 Å². The van der Waals surface area contributed by atoms with Crippen molar-refractivity contribution < 1.29 is 4.74 Å². The molecule has 3 nitrogen and oxygen atoms in total. The fraction of sp³-hybridized carbons (Fsp3) is 0.417. The molecule has 0 bridgehead atoms. The van der Waals surface area contributed by atoms with Crippen LogP contribution in [0.25, 0.3) is 0 Å². The van der Waals surface area contributed by atoms with Gasteiger partial charge in [-0.1, -0.05) is 6.08 Å². The molecule has 1 aromatic rings. The zero-order chi connectivity index (χ0) is 11.1. The zero-order valence-corrected chi connectivity index (χ0v) is 9.36. The average Bonchev–Trinajstić information content (AvgIpc) is 2.27. The smallest absolute Gasteiger partial charge is 0.237 e. The summed E-state index contributed by atoms with van der Waals surface area (Å²) in [4.78, 5) is 4.13. The molecule has 0 amide bonds. The van der Waals surface area contributed by atoms with E-state index < -0.39 is 0 Å². The molecule has 0 aliphatic carbocycles. The third-order valence-corrected chi connectivity index (χ3v) is 2.17. The van der Waals surface area contributed by atoms with Gasteiger partial charge in [0.25, 0.3) is 0 Å². The lowest BCUT2D eigenvalue weighted by Crippen LogP contribution is -2.15. The summed E-state index contributed by atoms with van der Waals surface area (Å²) >= 11 is 0. The lowest BCUT2D eigenvalue weighted by molar-refractivity contribution is 0.399. The number of nitrogens with one attached hydrogen (secondary N) is 1. The van der Waals surface area contributed by atoms with Crippen LogP contribution in [0.5, 0.6) is 5.88 Å². The monoisotopic (exact) mass is 206 g/mol. The molecule has 0 saturated carbocycles. The van der Waals surface area contributed by atoms with Crippen molar-refractivity contribution in [3.05, 3.63) is 31.0 Å². The van der Waals surface area contributed by atoms with Gasteiger partial charge in [-0.15, -0.1) is 6.58 Å². The summed E-state index contributed by atoms with van der Waals surface area (Å²) in [7, 11) is 1.63. The number of rotatable bonds is 6. The molecule has 0 aliphatic heterocycles. The van der Waals surface area contributed by atoms with E-state index in [1.54, 1.807) is 13.3 Å². The number of nitrogens with zero attached hydrogens (tertiary/aromatic N) is 1. The van der Waals surface area contributed by atoms with Gasteiger partial charge in [0.05, 0.1) is 12.8 Å². The zero-order valence-electron chi connectivity index (χ0n) is 9.36. The topological polar surface area (TPSA) is 34.2 Å². The van der Waals surface area contributed by atoms with E-state index in [0.29, 0.717) is 11.9 Å². The van der Waals surface area contributed by atoms with Gasteiger partial charge in [0.15, 0.2) is 0 Å².